The molecule has 0 bridgehead atoms. The number of allylic oxidation sites excluding steroid dienone is 20. The second kappa shape index (κ2) is 64.1. The molecular weight excluding hydrogens is 1170 g/mol. The average Bonchev–Trinajstić information content (AvgIpc) is 3.73. The fourth-order valence-corrected chi connectivity index (χ4v) is 10.0. The summed E-state index contributed by atoms with van der Waals surface area (Å²) in [5.41, 5.74) is 0. The van der Waals surface area contributed by atoms with Gasteiger partial charge in [0, 0.05) is 19.3 Å². The predicted molar refractivity (Wildman–Crippen MR) is 362 cm³/mol. The molecule has 510 valence electrons. The lowest BCUT2D eigenvalue weighted by molar-refractivity contribution is -0.161. The normalized spacial score (nSPS) is 15.0. The lowest BCUT2D eigenvalue weighted by Crippen LogP contribution is -2.30. The molecule has 0 rings (SSSR count). The van der Waals surface area contributed by atoms with Gasteiger partial charge in [-0.05, 0) is 128 Å². The Kier molecular flexibility index (Phi) is 61.2. The van der Waals surface area contributed by atoms with E-state index in [4.69, 9.17) is 32.3 Å². The lowest BCUT2D eigenvalue weighted by atomic mass is 10.1. The highest BCUT2D eigenvalue weighted by atomic mass is 31.2. The highest BCUT2D eigenvalue weighted by Gasteiger charge is 2.29. The molecule has 0 aromatic rings. The van der Waals surface area contributed by atoms with Gasteiger partial charge in [0.15, 0.2) is 6.10 Å². The molecule has 18 heteroatoms. The first-order valence-electron chi connectivity index (χ1n) is 33.8. The van der Waals surface area contributed by atoms with Crippen molar-refractivity contribution < 1.29 is 75.8 Å². The smallest absolute Gasteiger partial charge is 0.463 e. The summed E-state index contributed by atoms with van der Waals surface area (Å²) in [6, 6.07) is 0. The minimum absolute atomic E-state index is 0.0792. The van der Waals surface area contributed by atoms with Crippen molar-refractivity contribution in [3.8, 4) is 0 Å². The number of hydrogen-bond donors (Lipinski definition) is 4. The lowest BCUT2D eigenvalue weighted by Gasteiger charge is -2.21. The van der Waals surface area contributed by atoms with Crippen molar-refractivity contribution in [3.05, 3.63) is 122 Å². The van der Waals surface area contributed by atoms with Gasteiger partial charge in [-0.2, -0.15) is 0 Å². The molecule has 0 fully saturated rings. The molecule has 0 saturated heterocycles. The molecule has 4 N–H and O–H groups in total. The number of rotatable bonds is 63. The number of ether oxygens (including phenoxy) is 3. The van der Waals surface area contributed by atoms with Crippen molar-refractivity contribution in [3.63, 3.8) is 0 Å². The Balaban J connectivity index is 4.73. The number of esters is 3. The maximum atomic E-state index is 12.9. The number of phosphoric ester groups is 2. The Hall–Kier alpha value is -4.05. The van der Waals surface area contributed by atoms with Crippen LogP contribution in [0.1, 0.15) is 252 Å². The number of aliphatic hydroxyl groups is 2. The van der Waals surface area contributed by atoms with Crippen molar-refractivity contribution in [2.45, 2.75) is 270 Å². The van der Waals surface area contributed by atoms with Crippen molar-refractivity contribution in [1.29, 1.82) is 0 Å². The summed E-state index contributed by atoms with van der Waals surface area (Å²) in [4.78, 5) is 58.3. The molecule has 0 aliphatic heterocycles. The minimum atomic E-state index is -4.94. The molecule has 0 radical (unpaired) electrons. The molecular formula is C71H120O16P2. The first kappa shape index (κ1) is 85.0. The topological polar surface area (TPSA) is 231 Å². The van der Waals surface area contributed by atoms with E-state index >= 15 is 0 Å². The van der Waals surface area contributed by atoms with Crippen LogP contribution in [0.4, 0.5) is 0 Å². The Morgan fingerprint density at radius 2 is 0.607 bits per heavy atom. The molecule has 0 spiro atoms. The minimum Gasteiger partial charge on any atom is -0.463 e. The average molecular weight is 1290 g/mol. The third-order valence-corrected chi connectivity index (χ3v) is 15.5. The van der Waals surface area contributed by atoms with E-state index in [-0.39, 0.29) is 19.3 Å². The predicted octanol–water partition coefficient (Wildman–Crippen LogP) is 18.6. The molecule has 0 aromatic carbocycles. The summed E-state index contributed by atoms with van der Waals surface area (Å²) in [6.07, 6.45) is 72.6. The molecule has 0 saturated carbocycles. The van der Waals surface area contributed by atoms with E-state index in [1.54, 1.807) is 0 Å². The zero-order valence-corrected chi connectivity index (χ0v) is 56.8. The van der Waals surface area contributed by atoms with Gasteiger partial charge in [0.05, 0.1) is 26.4 Å². The molecule has 0 aromatic heterocycles. The van der Waals surface area contributed by atoms with Gasteiger partial charge < -0.3 is 34.2 Å². The standard InChI is InChI=1S/C71H120O16P2/c1-4-7-10-13-16-19-22-25-28-30-31-32-33-35-38-39-42-45-48-51-54-57-69(74)81-60-66(72)61-83-88(77,78)84-62-67(73)63-85-89(79,80)86-65-68(87-71(76)59-56-53-50-47-44-41-36-27-24-21-18-15-12-9-6-3)64-82-70(75)58-55-52-49-46-43-40-37-34-29-26-23-20-17-14-11-8-5-2/h8,11,16-17,19-20,25-29,31-32,35-38,40,46,49,66-68,72-73H,4-7,9-10,12-15,18,21-24,30,33-34,39,41-45,47-48,50-65H2,1-3H3,(H,77,78)(H,79,80)/b11-8-,19-16-,20-17-,28-25-,29-26-,32-31-,36-27-,38-35-,40-37-,49-46-. The molecule has 89 heavy (non-hydrogen) atoms. The summed E-state index contributed by atoms with van der Waals surface area (Å²) >= 11 is 0. The number of aliphatic hydroxyl groups excluding tert-OH is 2. The monoisotopic (exact) mass is 1290 g/mol. The summed E-state index contributed by atoms with van der Waals surface area (Å²) in [6.45, 7) is 2.41. The maximum absolute atomic E-state index is 12.9. The fraction of sp³-hybridized carbons (Fsp3) is 0.676. The van der Waals surface area contributed by atoms with Crippen molar-refractivity contribution in [2.75, 3.05) is 39.6 Å². The van der Waals surface area contributed by atoms with E-state index in [1.165, 1.54) is 64.2 Å². The Morgan fingerprint density at radius 3 is 1.02 bits per heavy atom. The largest absolute Gasteiger partial charge is 0.472 e. The van der Waals surface area contributed by atoms with E-state index in [2.05, 4.69) is 130 Å². The highest BCUT2D eigenvalue weighted by Crippen LogP contribution is 2.45. The van der Waals surface area contributed by atoms with E-state index in [9.17, 15) is 43.5 Å². The second-order valence-corrected chi connectivity index (χ2v) is 25.1. The van der Waals surface area contributed by atoms with Crippen molar-refractivity contribution >= 4 is 33.6 Å². The first-order chi connectivity index (χ1) is 43.2. The molecule has 0 amide bonds. The van der Waals surface area contributed by atoms with Gasteiger partial charge in [-0.3, -0.25) is 32.5 Å². The van der Waals surface area contributed by atoms with Crippen LogP contribution in [-0.2, 0) is 55.8 Å². The number of carbonyl (C=O) groups is 3. The van der Waals surface area contributed by atoms with Crippen LogP contribution < -0.4 is 0 Å². The molecule has 0 heterocycles. The van der Waals surface area contributed by atoms with Gasteiger partial charge in [0.1, 0.15) is 25.4 Å². The number of phosphoric acid groups is 2. The molecule has 16 nitrogen and oxygen atoms in total. The number of carbonyl (C=O) groups excluding carboxylic acids is 3. The van der Waals surface area contributed by atoms with Gasteiger partial charge >= 0.3 is 33.6 Å². The summed E-state index contributed by atoms with van der Waals surface area (Å²) in [5.74, 6) is -1.68. The quantitative estimate of drug-likeness (QED) is 0.0146. The molecule has 0 aliphatic carbocycles. The maximum Gasteiger partial charge on any atom is 0.472 e. The van der Waals surface area contributed by atoms with Crippen LogP contribution in [0.3, 0.4) is 0 Å². The van der Waals surface area contributed by atoms with E-state index in [0.717, 1.165) is 122 Å². The third kappa shape index (κ3) is 65.3. The number of hydrogen-bond acceptors (Lipinski definition) is 14. The van der Waals surface area contributed by atoms with Crippen LogP contribution in [0.2, 0.25) is 0 Å². The number of unbranched alkanes of at least 4 members (excludes halogenated alkanes) is 20. The molecule has 5 unspecified atom stereocenters. The van der Waals surface area contributed by atoms with Crippen molar-refractivity contribution in [1.82, 2.24) is 0 Å². The highest BCUT2D eigenvalue weighted by molar-refractivity contribution is 7.47. The Labute approximate surface area is 538 Å². The second-order valence-electron chi connectivity index (χ2n) is 22.2. The summed E-state index contributed by atoms with van der Waals surface area (Å²) < 4.78 is 60.8. The van der Waals surface area contributed by atoms with Crippen LogP contribution in [0.5, 0.6) is 0 Å². The summed E-state index contributed by atoms with van der Waals surface area (Å²) in [5, 5.41) is 20.5. The third-order valence-electron chi connectivity index (χ3n) is 13.6. The van der Waals surface area contributed by atoms with E-state index in [1.807, 2.05) is 12.2 Å². The zero-order valence-electron chi connectivity index (χ0n) is 55.1. The Bertz CT molecular complexity index is 2110. The zero-order chi connectivity index (χ0) is 65.3. The van der Waals surface area contributed by atoms with Gasteiger partial charge in [-0.1, -0.05) is 226 Å². The van der Waals surface area contributed by atoms with Crippen LogP contribution in [0, 0.1) is 0 Å². The fourth-order valence-electron chi connectivity index (χ4n) is 8.46. The van der Waals surface area contributed by atoms with Gasteiger partial charge in [-0.25, -0.2) is 9.13 Å². The SMILES string of the molecule is CC/C=C\C/C=C\C/C=C\C/C=C\C/C=C\CCCC(=O)OCC(COP(=O)(O)OCC(O)COP(=O)(O)OCC(O)COC(=O)CCCCCCC/C=C\C/C=C\C/C=C\C/C=C\CCCCC)OC(=O)CCCCCCC/C=C\CCCCCCCC. The van der Waals surface area contributed by atoms with Crippen LogP contribution in [0.15, 0.2) is 122 Å². The van der Waals surface area contributed by atoms with Gasteiger partial charge in [0.2, 0.25) is 0 Å². The summed E-state index contributed by atoms with van der Waals surface area (Å²) in [7, 11) is -9.80. The van der Waals surface area contributed by atoms with E-state index in [0.29, 0.717) is 25.7 Å². The molecule has 5 atom stereocenters. The van der Waals surface area contributed by atoms with Crippen LogP contribution in [0.25, 0.3) is 0 Å². The molecule has 0 aliphatic rings. The van der Waals surface area contributed by atoms with Crippen LogP contribution >= 0.6 is 15.6 Å². The van der Waals surface area contributed by atoms with Gasteiger partial charge in [-0.15, -0.1) is 0 Å². The van der Waals surface area contributed by atoms with Crippen LogP contribution in [-0.4, -0.2) is 95.9 Å². The first-order valence-corrected chi connectivity index (χ1v) is 36.8. The van der Waals surface area contributed by atoms with Crippen molar-refractivity contribution in [2.24, 2.45) is 0 Å². The van der Waals surface area contributed by atoms with Gasteiger partial charge in [0.25, 0.3) is 0 Å². The van der Waals surface area contributed by atoms with E-state index < -0.39 is 91.5 Å². The Morgan fingerprint density at radius 1 is 0.326 bits per heavy atom.